The monoisotopic (exact) mass is 219 g/mol. The van der Waals surface area contributed by atoms with Crippen LogP contribution in [0.4, 0.5) is 0 Å². The van der Waals surface area contributed by atoms with E-state index in [0.717, 1.165) is 11.6 Å². The molecule has 2 aromatic rings. The first-order valence-corrected chi connectivity index (χ1v) is 6.13. The first-order valence-electron chi connectivity index (χ1n) is 5.25. The maximum absolute atomic E-state index is 4.67. The van der Waals surface area contributed by atoms with Crippen molar-refractivity contribution in [3.63, 3.8) is 0 Å². The zero-order chi connectivity index (χ0) is 10.1. The highest BCUT2D eigenvalue weighted by Gasteiger charge is 2.19. The zero-order valence-corrected chi connectivity index (χ0v) is 9.18. The average Bonchev–Trinajstić information content (AvgIpc) is 3.02. The topological polar surface area (TPSA) is 40.7 Å². The van der Waals surface area contributed by atoms with Crippen molar-refractivity contribution in [2.45, 2.75) is 18.9 Å². The van der Waals surface area contributed by atoms with Crippen molar-refractivity contribution in [1.82, 2.24) is 15.3 Å². The molecule has 78 valence electrons. The molecule has 2 N–H and O–H groups in total. The van der Waals surface area contributed by atoms with Gasteiger partial charge in [0.1, 0.15) is 5.01 Å². The fraction of sp³-hybridized carbons (Fsp3) is 0.364. The summed E-state index contributed by atoms with van der Waals surface area (Å²) in [4.78, 5) is 7.73. The van der Waals surface area contributed by atoms with Crippen LogP contribution in [0.25, 0.3) is 10.6 Å². The molecule has 0 radical (unpaired) electrons. The number of hydrogen-bond acceptors (Lipinski definition) is 3. The third kappa shape index (κ3) is 1.70. The molecule has 0 saturated carbocycles. The Bertz CT molecular complexity index is 426. The van der Waals surface area contributed by atoms with Crippen molar-refractivity contribution in [2.24, 2.45) is 0 Å². The molecule has 1 aliphatic heterocycles. The van der Waals surface area contributed by atoms with Crippen LogP contribution in [0.1, 0.15) is 24.6 Å². The SMILES string of the molecule is c1cc(-c2nc(C3CCCN3)cs2)c[nH]1. The normalized spacial score (nSPS) is 20.9. The number of aromatic amines is 1. The minimum Gasteiger partial charge on any atom is -0.367 e. The second kappa shape index (κ2) is 3.79. The molecule has 4 heteroatoms. The molecule has 1 saturated heterocycles. The number of nitrogens with zero attached hydrogens (tertiary/aromatic N) is 1. The van der Waals surface area contributed by atoms with Gasteiger partial charge >= 0.3 is 0 Å². The summed E-state index contributed by atoms with van der Waals surface area (Å²) in [5, 5.41) is 6.75. The van der Waals surface area contributed by atoms with Crippen molar-refractivity contribution >= 4 is 11.3 Å². The average molecular weight is 219 g/mol. The first kappa shape index (κ1) is 9.12. The lowest BCUT2D eigenvalue weighted by Crippen LogP contribution is -2.12. The van der Waals surface area contributed by atoms with E-state index in [4.69, 9.17) is 0 Å². The highest BCUT2D eigenvalue weighted by molar-refractivity contribution is 7.13. The van der Waals surface area contributed by atoms with E-state index in [2.05, 4.69) is 26.7 Å². The van der Waals surface area contributed by atoms with Crippen LogP contribution < -0.4 is 5.32 Å². The fourth-order valence-electron chi connectivity index (χ4n) is 1.97. The number of hydrogen-bond donors (Lipinski definition) is 2. The molecule has 0 amide bonds. The molecular weight excluding hydrogens is 206 g/mol. The lowest BCUT2D eigenvalue weighted by Gasteiger charge is -2.04. The Balaban J connectivity index is 1.87. The van der Waals surface area contributed by atoms with Crippen LogP contribution in [0.3, 0.4) is 0 Å². The van der Waals surface area contributed by atoms with Crippen LogP contribution >= 0.6 is 11.3 Å². The molecule has 15 heavy (non-hydrogen) atoms. The number of nitrogens with one attached hydrogen (secondary N) is 2. The van der Waals surface area contributed by atoms with Gasteiger partial charge in [-0.2, -0.15) is 0 Å². The van der Waals surface area contributed by atoms with E-state index in [1.165, 1.54) is 24.1 Å². The van der Waals surface area contributed by atoms with Gasteiger partial charge in [0.05, 0.1) is 11.7 Å². The van der Waals surface area contributed by atoms with Crippen LogP contribution in [-0.4, -0.2) is 16.5 Å². The van der Waals surface area contributed by atoms with Gasteiger partial charge in [-0.3, -0.25) is 0 Å². The molecule has 1 unspecified atom stereocenters. The van der Waals surface area contributed by atoms with Crippen LogP contribution in [0.2, 0.25) is 0 Å². The number of rotatable bonds is 2. The molecule has 0 aliphatic carbocycles. The number of H-pyrrole nitrogens is 1. The van der Waals surface area contributed by atoms with Gasteiger partial charge in [0, 0.05) is 23.3 Å². The molecule has 0 spiro atoms. The Hall–Kier alpha value is -1.13. The Kier molecular flexibility index (Phi) is 2.31. The molecule has 2 aromatic heterocycles. The summed E-state index contributed by atoms with van der Waals surface area (Å²) in [6, 6.07) is 2.54. The van der Waals surface area contributed by atoms with Gasteiger partial charge in [-0.05, 0) is 25.5 Å². The third-order valence-corrected chi connectivity index (χ3v) is 3.69. The molecular formula is C11H13N3S. The summed E-state index contributed by atoms with van der Waals surface area (Å²) in [7, 11) is 0. The summed E-state index contributed by atoms with van der Waals surface area (Å²) in [6.07, 6.45) is 6.41. The number of aromatic nitrogens is 2. The summed E-state index contributed by atoms with van der Waals surface area (Å²) in [5.74, 6) is 0. The van der Waals surface area contributed by atoms with Crippen molar-refractivity contribution in [1.29, 1.82) is 0 Å². The van der Waals surface area contributed by atoms with Gasteiger partial charge in [-0.1, -0.05) is 0 Å². The minimum atomic E-state index is 0.481. The highest BCUT2D eigenvalue weighted by Crippen LogP contribution is 2.29. The highest BCUT2D eigenvalue weighted by atomic mass is 32.1. The second-order valence-corrected chi connectivity index (χ2v) is 4.68. The van der Waals surface area contributed by atoms with Crippen molar-refractivity contribution < 1.29 is 0 Å². The van der Waals surface area contributed by atoms with Crippen molar-refractivity contribution in [2.75, 3.05) is 6.54 Å². The van der Waals surface area contributed by atoms with E-state index in [-0.39, 0.29) is 0 Å². The predicted octanol–water partition coefficient (Wildman–Crippen LogP) is 2.56. The minimum absolute atomic E-state index is 0.481. The Labute approximate surface area is 92.6 Å². The molecule has 3 rings (SSSR count). The Morgan fingerprint density at radius 3 is 3.20 bits per heavy atom. The summed E-state index contributed by atoms with van der Waals surface area (Å²) in [5.41, 5.74) is 2.39. The molecule has 3 nitrogen and oxygen atoms in total. The van der Waals surface area contributed by atoms with E-state index >= 15 is 0 Å². The zero-order valence-electron chi connectivity index (χ0n) is 8.36. The molecule has 0 bridgehead atoms. The van der Waals surface area contributed by atoms with Gasteiger partial charge in [0.15, 0.2) is 0 Å². The van der Waals surface area contributed by atoms with E-state index < -0.39 is 0 Å². The predicted molar refractivity (Wildman–Crippen MR) is 61.9 cm³/mol. The van der Waals surface area contributed by atoms with Crippen molar-refractivity contribution in [3.05, 3.63) is 29.5 Å². The maximum Gasteiger partial charge on any atom is 0.125 e. The van der Waals surface area contributed by atoms with Crippen LogP contribution in [0.15, 0.2) is 23.8 Å². The lowest BCUT2D eigenvalue weighted by atomic mass is 10.2. The molecule has 1 atom stereocenters. The first-order chi connectivity index (χ1) is 7.43. The second-order valence-electron chi connectivity index (χ2n) is 3.83. The van der Waals surface area contributed by atoms with E-state index in [0.29, 0.717) is 6.04 Å². The summed E-state index contributed by atoms with van der Waals surface area (Å²) < 4.78 is 0. The quantitative estimate of drug-likeness (QED) is 0.815. The fourth-order valence-corrected chi connectivity index (χ4v) is 2.84. The molecule has 1 fully saturated rings. The Morgan fingerprint density at radius 1 is 1.47 bits per heavy atom. The lowest BCUT2D eigenvalue weighted by molar-refractivity contribution is 0.632. The Morgan fingerprint density at radius 2 is 2.47 bits per heavy atom. The van der Waals surface area contributed by atoms with E-state index in [1.807, 2.05) is 12.4 Å². The van der Waals surface area contributed by atoms with Gasteiger partial charge in [0.25, 0.3) is 0 Å². The van der Waals surface area contributed by atoms with Gasteiger partial charge < -0.3 is 10.3 Å². The van der Waals surface area contributed by atoms with Crippen LogP contribution in [0.5, 0.6) is 0 Å². The van der Waals surface area contributed by atoms with Gasteiger partial charge in [0.2, 0.25) is 0 Å². The van der Waals surface area contributed by atoms with Crippen LogP contribution in [0, 0.1) is 0 Å². The number of thiazole rings is 1. The smallest absolute Gasteiger partial charge is 0.125 e. The van der Waals surface area contributed by atoms with Crippen molar-refractivity contribution in [3.8, 4) is 10.6 Å². The summed E-state index contributed by atoms with van der Waals surface area (Å²) in [6.45, 7) is 1.13. The maximum atomic E-state index is 4.67. The van der Waals surface area contributed by atoms with Gasteiger partial charge in [-0.25, -0.2) is 4.98 Å². The van der Waals surface area contributed by atoms with E-state index in [9.17, 15) is 0 Å². The summed E-state index contributed by atoms with van der Waals surface area (Å²) >= 11 is 1.72. The standard InChI is InChI=1S/C11H13N3S/c1-2-9(13-4-1)10-7-15-11(14-10)8-3-5-12-6-8/h3,5-7,9,12-13H,1-2,4H2. The molecule has 0 aromatic carbocycles. The van der Waals surface area contributed by atoms with Gasteiger partial charge in [-0.15, -0.1) is 11.3 Å². The van der Waals surface area contributed by atoms with E-state index in [1.54, 1.807) is 11.3 Å². The van der Waals surface area contributed by atoms with Crippen LogP contribution in [-0.2, 0) is 0 Å². The third-order valence-electron chi connectivity index (χ3n) is 2.78. The molecule has 3 heterocycles. The molecule has 1 aliphatic rings. The largest absolute Gasteiger partial charge is 0.367 e.